The SMILES string of the molecule is C1CCC(c2nc(C3CCNCC3)no2)NC1. The van der Waals surface area contributed by atoms with Crippen LogP contribution in [0, 0.1) is 0 Å². The highest BCUT2D eigenvalue weighted by Crippen LogP contribution is 2.26. The molecule has 1 aromatic rings. The van der Waals surface area contributed by atoms with Crippen molar-refractivity contribution in [2.75, 3.05) is 19.6 Å². The van der Waals surface area contributed by atoms with E-state index in [1.54, 1.807) is 0 Å². The molecular weight excluding hydrogens is 216 g/mol. The van der Waals surface area contributed by atoms with E-state index in [0.29, 0.717) is 5.92 Å². The summed E-state index contributed by atoms with van der Waals surface area (Å²) in [6, 6.07) is 0.284. The number of hydrogen-bond acceptors (Lipinski definition) is 5. The fraction of sp³-hybridized carbons (Fsp3) is 0.833. The molecule has 0 amide bonds. The predicted octanol–water partition coefficient (Wildman–Crippen LogP) is 1.35. The Morgan fingerprint density at radius 1 is 1.06 bits per heavy atom. The Bertz CT molecular complexity index is 321. The molecule has 0 aromatic carbocycles. The standard InChI is InChI=1S/C12H20N4O/c1-2-6-14-10(3-1)12-15-11(16-17-12)9-4-7-13-8-5-9/h9-10,13-14H,1-8H2. The van der Waals surface area contributed by atoms with E-state index in [4.69, 9.17) is 4.52 Å². The van der Waals surface area contributed by atoms with Crippen LogP contribution in [0.5, 0.6) is 0 Å². The van der Waals surface area contributed by atoms with Crippen molar-refractivity contribution < 1.29 is 4.52 Å². The summed E-state index contributed by atoms with van der Waals surface area (Å²) in [5, 5.41) is 11.0. The maximum absolute atomic E-state index is 5.41. The van der Waals surface area contributed by atoms with Gasteiger partial charge in [0, 0.05) is 5.92 Å². The van der Waals surface area contributed by atoms with Crippen LogP contribution < -0.4 is 10.6 Å². The first-order valence-corrected chi connectivity index (χ1v) is 6.71. The van der Waals surface area contributed by atoms with Crippen LogP contribution in [0.4, 0.5) is 0 Å². The van der Waals surface area contributed by atoms with Crippen LogP contribution in [0.2, 0.25) is 0 Å². The van der Waals surface area contributed by atoms with Gasteiger partial charge in [-0.3, -0.25) is 0 Å². The molecule has 2 fully saturated rings. The zero-order chi connectivity index (χ0) is 11.5. The van der Waals surface area contributed by atoms with Crippen LogP contribution in [-0.4, -0.2) is 29.8 Å². The minimum atomic E-state index is 0.284. The second-order valence-electron chi connectivity index (χ2n) is 5.02. The molecule has 3 heterocycles. The van der Waals surface area contributed by atoms with E-state index >= 15 is 0 Å². The lowest BCUT2D eigenvalue weighted by Crippen LogP contribution is -2.28. The molecule has 17 heavy (non-hydrogen) atoms. The first-order chi connectivity index (χ1) is 8.43. The van der Waals surface area contributed by atoms with E-state index in [9.17, 15) is 0 Å². The van der Waals surface area contributed by atoms with Crippen LogP contribution in [0.15, 0.2) is 4.52 Å². The Morgan fingerprint density at radius 3 is 2.71 bits per heavy atom. The van der Waals surface area contributed by atoms with Gasteiger partial charge in [0.2, 0.25) is 5.89 Å². The Hall–Kier alpha value is -0.940. The average molecular weight is 236 g/mol. The Kier molecular flexibility index (Phi) is 3.38. The molecular formula is C12H20N4O. The van der Waals surface area contributed by atoms with Gasteiger partial charge in [0.15, 0.2) is 5.82 Å². The van der Waals surface area contributed by atoms with Crippen molar-refractivity contribution in [3.8, 4) is 0 Å². The average Bonchev–Trinajstić information content (AvgIpc) is 2.90. The maximum Gasteiger partial charge on any atom is 0.243 e. The van der Waals surface area contributed by atoms with E-state index < -0.39 is 0 Å². The maximum atomic E-state index is 5.41. The van der Waals surface area contributed by atoms with Gasteiger partial charge in [0.1, 0.15) is 0 Å². The molecule has 2 N–H and O–H groups in total. The fourth-order valence-electron chi connectivity index (χ4n) is 2.70. The minimum Gasteiger partial charge on any atom is -0.338 e. The quantitative estimate of drug-likeness (QED) is 0.811. The van der Waals surface area contributed by atoms with Gasteiger partial charge in [-0.1, -0.05) is 11.6 Å². The summed E-state index contributed by atoms with van der Waals surface area (Å²) >= 11 is 0. The number of rotatable bonds is 2. The third-order valence-corrected chi connectivity index (χ3v) is 3.77. The van der Waals surface area contributed by atoms with Crippen molar-refractivity contribution in [2.45, 2.75) is 44.1 Å². The molecule has 0 spiro atoms. The van der Waals surface area contributed by atoms with Gasteiger partial charge in [-0.2, -0.15) is 4.98 Å². The number of aromatic nitrogens is 2. The highest BCUT2D eigenvalue weighted by molar-refractivity contribution is 5.00. The molecule has 5 nitrogen and oxygen atoms in total. The largest absolute Gasteiger partial charge is 0.338 e. The first kappa shape index (κ1) is 11.2. The zero-order valence-corrected chi connectivity index (χ0v) is 10.1. The summed E-state index contributed by atoms with van der Waals surface area (Å²) in [6.07, 6.45) is 5.87. The monoisotopic (exact) mass is 236 g/mol. The van der Waals surface area contributed by atoms with Crippen LogP contribution in [0.25, 0.3) is 0 Å². The minimum absolute atomic E-state index is 0.284. The van der Waals surface area contributed by atoms with Crippen LogP contribution >= 0.6 is 0 Å². The van der Waals surface area contributed by atoms with Crippen molar-refractivity contribution >= 4 is 0 Å². The molecule has 3 rings (SSSR count). The lowest BCUT2D eigenvalue weighted by molar-refractivity contribution is 0.294. The molecule has 1 aromatic heterocycles. The molecule has 2 saturated heterocycles. The highest BCUT2D eigenvalue weighted by Gasteiger charge is 2.24. The third-order valence-electron chi connectivity index (χ3n) is 3.77. The molecule has 0 radical (unpaired) electrons. The summed E-state index contributed by atoms with van der Waals surface area (Å²) in [5.41, 5.74) is 0. The number of hydrogen-bond donors (Lipinski definition) is 2. The first-order valence-electron chi connectivity index (χ1n) is 6.71. The molecule has 5 heteroatoms. The van der Waals surface area contributed by atoms with Crippen molar-refractivity contribution in [1.29, 1.82) is 0 Å². The second-order valence-corrected chi connectivity index (χ2v) is 5.02. The van der Waals surface area contributed by atoms with Crippen LogP contribution in [0.1, 0.15) is 55.8 Å². The summed E-state index contributed by atoms with van der Waals surface area (Å²) in [6.45, 7) is 3.20. The van der Waals surface area contributed by atoms with Crippen molar-refractivity contribution in [1.82, 2.24) is 20.8 Å². The van der Waals surface area contributed by atoms with Gasteiger partial charge in [-0.05, 0) is 45.3 Å². The van der Waals surface area contributed by atoms with E-state index in [2.05, 4.69) is 20.8 Å². The van der Waals surface area contributed by atoms with Crippen molar-refractivity contribution in [2.24, 2.45) is 0 Å². The topological polar surface area (TPSA) is 63.0 Å². The smallest absolute Gasteiger partial charge is 0.243 e. The van der Waals surface area contributed by atoms with Crippen molar-refractivity contribution in [3.05, 3.63) is 11.7 Å². The van der Waals surface area contributed by atoms with Gasteiger partial charge in [-0.25, -0.2) is 0 Å². The Labute approximate surface area is 101 Å². The summed E-state index contributed by atoms with van der Waals surface area (Å²) in [4.78, 5) is 4.59. The van der Waals surface area contributed by atoms with E-state index in [1.807, 2.05) is 0 Å². The van der Waals surface area contributed by atoms with Crippen LogP contribution in [0.3, 0.4) is 0 Å². The second kappa shape index (κ2) is 5.14. The van der Waals surface area contributed by atoms with E-state index in [1.165, 1.54) is 12.8 Å². The lowest BCUT2D eigenvalue weighted by Gasteiger charge is -2.20. The van der Waals surface area contributed by atoms with Gasteiger partial charge in [0.05, 0.1) is 6.04 Å². The molecule has 2 aliphatic rings. The Balaban J connectivity index is 1.68. The van der Waals surface area contributed by atoms with Gasteiger partial charge in [0.25, 0.3) is 0 Å². The Morgan fingerprint density at radius 2 is 1.94 bits per heavy atom. The lowest BCUT2D eigenvalue weighted by atomic mass is 9.97. The summed E-state index contributed by atoms with van der Waals surface area (Å²) in [7, 11) is 0. The third kappa shape index (κ3) is 2.50. The molecule has 0 aliphatic carbocycles. The molecule has 94 valence electrons. The van der Waals surface area contributed by atoms with Gasteiger partial charge in [-0.15, -0.1) is 0 Å². The summed E-state index contributed by atoms with van der Waals surface area (Å²) in [5.74, 6) is 2.18. The zero-order valence-electron chi connectivity index (χ0n) is 10.1. The van der Waals surface area contributed by atoms with Gasteiger partial charge >= 0.3 is 0 Å². The molecule has 1 atom stereocenters. The van der Waals surface area contributed by atoms with E-state index in [-0.39, 0.29) is 6.04 Å². The molecule has 0 saturated carbocycles. The predicted molar refractivity (Wildman–Crippen MR) is 63.7 cm³/mol. The molecule has 0 bridgehead atoms. The number of nitrogens with one attached hydrogen (secondary N) is 2. The van der Waals surface area contributed by atoms with Crippen LogP contribution in [-0.2, 0) is 0 Å². The highest BCUT2D eigenvalue weighted by atomic mass is 16.5. The summed E-state index contributed by atoms with van der Waals surface area (Å²) < 4.78 is 5.41. The number of piperidine rings is 2. The number of nitrogens with zero attached hydrogens (tertiary/aromatic N) is 2. The fourth-order valence-corrected chi connectivity index (χ4v) is 2.70. The normalized spacial score (nSPS) is 27.2. The molecule has 2 aliphatic heterocycles. The van der Waals surface area contributed by atoms with Crippen molar-refractivity contribution in [3.63, 3.8) is 0 Å². The van der Waals surface area contributed by atoms with Gasteiger partial charge < -0.3 is 15.2 Å². The van der Waals surface area contributed by atoms with E-state index in [0.717, 1.165) is 50.6 Å². The molecule has 1 unspecified atom stereocenters.